The van der Waals surface area contributed by atoms with E-state index >= 15 is 0 Å². The molecular weight excluding hydrogens is 644 g/mol. The molecule has 258 valence electrons. The topological polar surface area (TPSA) is 209 Å². The third kappa shape index (κ3) is 7.91. The number of hydrogen-bond acceptors (Lipinski definition) is 10. The van der Waals surface area contributed by atoms with Gasteiger partial charge in [0.2, 0.25) is 23.6 Å². The molecular formula is C31H40N8O8S. The molecule has 5 atom stereocenters. The van der Waals surface area contributed by atoms with Crippen molar-refractivity contribution in [3.8, 4) is 0 Å². The highest BCUT2D eigenvalue weighted by atomic mass is 32.2. The average Bonchev–Trinajstić information content (AvgIpc) is 3.80. The molecule has 1 aromatic carbocycles. The van der Waals surface area contributed by atoms with Crippen LogP contribution >= 0.6 is 0 Å². The van der Waals surface area contributed by atoms with Gasteiger partial charge < -0.3 is 29.7 Å². The molecule has 0 unspecified atom stereocenters. The summed E-state index contributed by atoms with van der Waals surface area (Å²) in [5, 5.41) is 8.42. The van der Waals surface area contributed by atoms with Gasteiger partial charge in [0, 0.05) is 33.1 Å². The standard InChI is InChI=1S/C31H40N8O8S/c1-17(2)11-21-26(40)32-18(3)29-36-24(16-46-29)31(43)39-14-20(37-48(44,45)38(4)5)13-25(39)28(42)34-22(12-19-9-7-6-8-10-19)30-35-23(15-47-30)27(41)33-21/h6-10,15-18,20-22,25,37H,11-14H2,1-5H3,(H,32,40)(H,33,41)(H,34,42)/t18-,20+,21-,22+,25+/m1/s1. The Kier molecular flexibility index (Phi) is 10.3. The number of oxazole rings is 2. The number of nitrogens with one attached hydrogen (secondary N) is 4. The molecule has 2 aliphatic rings. The lowest BCUT2D eigenvalue weighted by Gasteiger charge is -2.25. The van der Waals surface area contributed by atoms with Crippen molar-refractivity contribution in [1.82, 2.24) is 39.8 Å². The number of nitrogens with zero attached hydrogens (tertiary/aromatic N) is 4. The molecule has 16 nitrogen and oxygen atoms in total. The van der Waals surface area contributed by atoms with Crippen LogP contribution in [0.2, 0.25) is 0 Å². The van der Waals surface area contributed by atoms with Gasteiger partial charge in [-0.05, 0) is 31.2 Å². The number of amides is 4. The minimum atomic E-state index is -3.91. The molecule has 1 fully saturated rings. The maximum Gasteiger partial charge on any atom is 0.279 e. The lowest BCUT2D eigenvalue weighted by Crippen LogP contribution is -2.48. The van der Waals surface area contributed by atoms with E-state index in [0.717, 1.165) is 22.4 Å². The summed E-state index contributed by atoms with van der Waals surface area (Å²) in [6.07, 6.45) is 2.76. The normalized spacial score (nSPS) is 24.1. The number of benzene rings is 1. The lowest BCUT2D eigenvalue weighted by atomic mass is 10.0. The fourth-order valence-electron chi connectivity index (χ4n) is 5.62. The first kappa shape index (κ1) is 34.7. The Morgan fingerprint density at radius 2 is 1.60 bits per heavy atom. The zero-order valence-electron chi connectivity index (χ0n) is 27.3. The second-order valence-electron chi connectivity index (χ2n) is 12.6. The Morgan fingerprint density at radius 3 is 2.29 bits per heavy atom. The number of hydrogen-bond donors (Lipinski definition) is 4. The zero-order valence-corrected chi connectivity index (χ0v) is 28.1. The van der Waals surface area contributed by atoms with E-state index in [1.165, 1.54) is 19.0 Å². The third-order valence-electron chi connectivity index (χ3n) is 8.11. The van der Waals surface area contributed by atoms with Gasteiger partial charge in [-0.25, -0.2) is 9.97 Å². The summed E-state index contributed by atoms with van der Waals surface area (Å²) < 4.78 is 40.2. The van der Waals surface area contributed by atoms with Crippen molar-refractivity contribution in [3.05, 3.63) is 71.6 Å². The van der Waals surface area contributed by atoms with Gasteiger partial charge in [0.25, 0.3) is 22.0 Å². The smallest absolute Gasteiger partial charge is 0.279 e. The fraction of sp³-hybridized carbons (Fsp3) is 0.484. The number of aromatic nitrogens is 2. The predicted octanol–water partition coefficient (Wildman–Crippen LogP) is 1.08. The first-order valence-electron chi connectivity index (χ1n) is 15.6. The minimum absolute atomic E-state index is 0.0246. The highest BCUT2D eigenvalue weighted by Gasteiger charge is 2.43. The van der Waals surface area contributed by atoms with E-state index in [0.29, 0.717) is 6.42 Å². The summed E-state index contributed by atoms with van der Waals surface area (Å²) in [7, 11) is -1.18. The van der Waals surface area contributed by atoms with Gasteiger partial charge in [-0.1, -0.05) is 44.2 Å². The molecule has 4 heterocycles. The fourth-order valence-corrected chi connectivity index (χ4v) is 6.43. The van der Waals surface area contributed by atoms with E-state index in [4.69, 9.17) is 8.83 Å². The summed E-state index contributed by atoms with van der Waals surface area (Å²) in [5.74, 6) is -2.31. The van der Waals surface area contributed by atoms with Crippen LogP contribution < -0.4 is 20.7 Å². The van der Waals surface area contributed by atoms with Crippen LogP contribution in [-0.2, 0) is 26.2 Å². The van der Waals surface area contributed by atoms with Crippen molar-refractivity contribution >= 4 is 33.8 Å². The van der Waals surface area contributed by atoms with Gasteiger partial charge in [-0.3, -0.25) is 19.2 Å². The third-order valence-corrected chi connectivity index (χ3v) is 9.70. The predicted molar refractivity (Wildman–Crippen MR) is 170 cm³/mol. The van der Waals surface area contributed by atoms with E-state index in [1.807, 2.05) is 44.2 Å². The van der Waals surface area contributed by atoms with Crippen molar-refractivity contribution < 1.29 is 36.4 Å². The van der Waals surface area contributed by atoms with Crippen LogP contribution in [0.5, 0.6) is 0 Å². The summed E-state index contributed by atoms with van der Waals surface area (Å²) in [5.41, 5.74) is 0.593. The molecule has 1 saturated heterocycles. The summed E-state index contributed by atoms with van der Waals surface area (Å²) in [4.78, 5) is 64.5. The Morgan fingerprint density at radius 1 is 0.938 bits per heavy atom. The van der Waals surface area contributed by atoms with Crippen LogP contribution in [0.4, 0.5) is 0 Å². The first-order valence-corrected chi connectivity index (χ1v) is 17.0. The number of carbonyl (C=O) groups excluding carboxylic acids is 4. The summed E-state index contributed by atoms with van der Waals surface area (Å²) in [6, 6.07) is 4.65. The van der Waals surface area contributed by atoms with E-state index in [2.05, 4.69) is 30.6 Å². The maximum absolute atomic E-state index is 14.0. The molecule has 4 amide bonds. The van der Waals surface area contributed by atoms with E-state index < -0.39 is 64.0 Å². The van der Waals surface area contributed by atoms with Gasteiger partial charge in [0.1, 0.15) is 36.7 Å². The molecule has 3 aromatic rings. The van der Waals surface area contributed by atoms with Crippen molar-refractivity contribution in [2.75, 3.05) is 20.6 Å². The van der Waals surface area contributed by atoms with Gasteiger partial charge >= 0.3 is 0 Å². The maximum atomic E-state index is 14.0. The Labute approximate surface area is 278 Å². The molecule has 48 heavy (non-hydrogen) atoms. The first-order chi connectivity index (χ1) is 22.7. The van der Waals surface area contributed by atoms with E-state index in [1.54, 1.807) is 6.92 Å². The second-order valence-corrected chi connectivity index (χ2v) is 14.5. The number of carbonyl (C=O) groups is 4. The molecule has 0 saturated carbocycles. The van der Waals surface area contributed by atoms with Crippen molar-refractivity contribution in [3.63, 3.8) is 0 Å². The van der Waals surface area contributed by atoms with Gasteiger partial charge in [0.05, 0.1) is 0 Å². The Bertz CT molecular complexity index is 1760. The second kappa shape index (κ2) is 14.2. The zero-order chi connectivity index (χ0) is 34.7. The number of fused-ring (bicyclic) bond motifs is 5. The lowest BCUT2D eigenvalue weighted by molar-refractivity contribution is -0.126. The molecule has 0 radical (unpaired) electrons. The highest BCUT2D eigenvalue weighted by molar-refractivity contribution is 7.87. The van der Waals surface area contributed by atoms with Crippen LogP contribution in [-0.4, -0.2) is 90.0 Å². The van der Waals surface area contributed by atoms with Gasteiger partial charge in [0.15, 0.2) is 11.4 Å². The van der Waals surface area contributed by atoms with Crippen molar-refractivity contribution in [2.45, 2.75) is 70.2 Å². The Hall–Kier alpha value is -4.61. The molecule has 0 spiro atoms. The van der Waals surface area contributed by atoms with E-state index in [-0.39, 0.29) is 48.5 Å². The Balaban J connectivity index is 1.54. The van der Waals surface area contributed by atoms with Crippen LogP contribution in [0.25, 0.3) is 0 Å². The highest BCUT2D eigenvalue weighted by Crippen LogP contribution is 2.26. The molecule has 4 N–H and O–H groups in total. The molecule has 2 aliphatic heterocycles. The minimum Gasteiger partial charge on any atom is -0.446 e. The number of rotatable bonds is 7. The van der Waals surface area contributed by atoms with Crippen LogP contribution in [0, 0.1) is 5.92 Å². The van der Waals surface area contributed by atoms with Gasteiger partial charge in [-0.15, -0.1) is 0 Å². The van der Waals surface area contributed by atoms with Crippen LogP contribution in [0.3, 0.4) is 0 Å². The molecule has 5 rings (SSSR count). The SMILES string of the molecule is CC(C)C[C@H]1NC(=O)c2coc(n2)[C@H](Cc2ccccc2)NC(=O)[C@@H]2C[C@H](NS(=O)(=O)N(C)C)CN2C(=O)c2coc(n2)[C@@H](C)NC1=O. The summed E-state index contributed by atoms with van der Waals surface area (Å²) >= 11 is 0. The largest absolute Gasteiger partial charge is 0.446 e. The van der Waals surface area contributed by atoms with E-state index in [9.17, 15) is 27.6 Å². The van der Waals surface area contributed by atoms with Crippen LogP contribution in [0.15, 0.2) is 51.7 Å². The van der Waals surface area contributed by atoms with Gasteiger partial charge in [-0.2, -0.15) is 17.4 Å². The quantitative estimate of drug-likeness (QED) is 0.278. The molecule has 17 heteroatoms. The monoisotopic (exact) mass is 684 g/mol. The summed E-state index contributed by atoms with van der Waals surface area (Å²) in [6.45, 7) is 5.29. The van der Waals surface area contributed by atoms with Crippen molar-refractivity contribution in [2.24, 2.45) is 5.92 Å². The molecule has 2 aromatic heterocycles. The average molecular weight is 685 g/mol. The molecule has 0 aliphatic carbocycles. The molecule has 4 bridgehead atoms. The van der Waals surface area contributed by atoms with Crippen molar-refractivity contribution in [1.29, 1.82) is 0 Å². The van der Waals surface area contributed by atoms with Crippen LogP contribution in [0.1, 0.15) is 84.0 Å².